The van der Waals surface area contributed by atoms with Gasteiger partial charge in [0.15, 0.2) is 0 Å². The highest BCUT2D eigenvalue weighted by molar-refractivity contribution is 6.32. The summed E-state index contributed by atoms with van der Waals surface area (Å²) in [5, 5.41) is 20.4. The highest BCUT2D eigenvalue weighted by Gasteiger charge is 2.11. The smallest absolute Gasteiger partial charge is 0.259 e. The summed E-state index contributed by atoms with van der Waals surface area (Å²) < 4.78 is 0. The zero-order valence-electron chi connectivity index (χ0n) is 7.29. The number of hydrogen-bond donors (Lipinski definition) is 0. The second-order valence-corrected chi connectivity index (χ2v) is 2.98. The zero-order chi connectivity index (χ0) is 11.4. The Labute approximate surface area is 89.1 Å². The average Bonchev–Trinajstić information content (AvgIpc) is 2.14. The third-order valence-electron chi connectivity index (χ3n) is 1.56. The van der Waals surface area contributed by atoms with Gasteiger partial charge in [0.1, 0.15) is 5.02 Å². The van der Waals surface area contributed by atoms with Crippen LogP contribution in [0.15, 0.2) is 24.4 Å². The molecule has 15 heavy (non-hydrogen) atoms. The molecule has 0 aliphatic carbocycles. The molecular weight excluding hydrogens is 224 g/mol. The van der Waals surface area contributed by atoms with Crippen LogP contribution in [0.4, 0.5) is 5.69 Å². The fourth-order valence-electron chi connectivity index (χ4n) is 0.922. The molecule has 0 spiro atoms. The SMILES string of the molecule is O=[N+]([O-])C=Cc1ccc([N+](=O)[O-])c(Cl)c1. The number of hydrogen-bond acceptors (Lipinski definition) is 4. The van der Waals surface area contributed by atoms with E-state index in [4.69, 9.17) is 11.6 Å². The van der Waals surface area contributed by atoms with Crippen molar-refractivity contribution in [1.29, 1.82) is 0 Å². The predicted octanol–water partition coefficient (Wildman–Crippen LogP) is 2.50. The summed E-state index contributed by atoms with van der Waals surface area (Å²) in [5.41, 5.74) is 0.206. The number of nitrogens with zero attached hydrogens (tertiary/aromatic N) is 2. The number of rotatable bonds is 3. The topological polar surface area (TPSA) is 86.3 Å². The number of nitro benzene ring substituents is 1. The second-order valence-electron chi connectivity index (χ2n) is 2.57. The van der Waals surface area contributed by atoms with Crippen LogP contribution in [0.1, 0.15) is 5.56 Å². The van der Waals surface area contributed by atoms with Gasteiger partial charge >= 0.3 is 0 Å². The van der Waals surface area contributed by atoms with E-state index in [0.29, 0.717) is 5.56 Å². The van der Waals surface area contributed by atoms with Crippen molar-refractivity contribution in [3.8, 4) is 0 Å². The van der Waals surface area contributed by atoms with Crippen molar-refractivity contribution in [1.82, 2.24) is 0 Å². The maximum absolute atomic E-state index is 10.4. The lowest BCUT2D eigenvalue weighted by molar-refractivity contribution is -0.400. The molecule has 0 aromatic heterocycles. The fourth-order valence-corrected chi connectivity index (χ4v) is 1.18. The summed E-state index contributed by atoms with van der Waals surface area (Å²) in [4.78, 5) is 19.2. The molecule has 0 heterocycles. The van der Waals surface area contributed by atoms with E-state index in [1.54, 1.807) is 0 Å². The Balaban J connectivity index is 3.01. The van der Waals surface area contributed by atoms with E-state index >= 15 is 0 Å². The highest BCUT2D eigenvalue weighted by Crippen LogP contribution is 2.25. The Morgan fingerprint density at radius 3 is 2.40 bits per heavy atom. The largest absolute Gasteiger partial charge is 0.287 e. The molecule has 0 amide bonds. The summed E-state index contributed by atoms with van der Waals surface area (Å²) in [6.07, 6.45) is 1.94. The standard InChI is InChI=1S/C8H5ClN2O4/c9-7-5-6(3-4-10(12)13)1-2-8(7)11(14)15/h1-5H. The molecule has 1 aromatic carbocycles. The zero-order valence-corrected chi connectivity index (χ0v) is 8.05. The molecule has 7 heteroatoms. The van der Waals surface area contributed by atoms with Crippen molar-refractivity contribution < 1.29 is 9.85 Å². The molecule has 0 aliphatic rings. The van der Waals surface area contributed by atoms with Gasteiger partial charge in [0.25, 0.3) is 5.69 Å². The molecule has 0 saturated carbocycles. The Morgan fingerprint density at radius 1 is 1.27 bits per heavy atom. The molecule has 0 N–H and O–H groups in total. The molecule has 0 bridgehead atoms. The minimum absolute atomic E-state index is 0.0505. The molecule has 1 rings (SSSR count). The molecule has 0 atom stereocenters. The number of halogens is 1. The van der Waals surface area contributed by atoms with E-state index in [1.807, 2.05) is 0 Å². The first-order valence-corrected chi connectivity index (χ1v) is 4.14. The first-order chi connectivity index (χ1) is 7.00. The van der Waals surface area contributed by atoms with Gasteiger partial charge in [-0.05, 0) is 17.7 Å². The van der Waals surface area contributed by atoms with Crippen molar-refractivity contribution in [2.75, 3.05) is 0 Å². The van der Waals surface area contributed by atoms with Crippen LogP contribution in [-0.2, 0) is 0 Å². The van der Waals surface area contributed by atoms with Crippen LogP contribution in [0.25, 0.3) is 6.08 Å². The van der Waals surface area contributed by atoms with E-state index in [2.05, 4.69) is 0 Å². The predicted molar refractivity (Wildman–Crippen MR) is 54.1 cm³/mol. The van der Waals surface area contributed by atoms with E-state index in [1.165, 1.54) is 24.3 Å². The third-order valence-corrected chi connectivity index (χ3v) is 1.86. The normalized spacial score (nSPS) is 10.5. The van der Waals surface area contributed by atoms with Gasteiger partial charge in [-0.25, -0.2) is 0 Å². The monoisotopic (exact) mass is 228 g/mol. The molecule has 0 unspecified atom stereocenters. The molecule has 0 saturated heterocycles. The van der Waals surface area contributed by atoms with Gasteiger partial charge in [-0.15, -0.1) is 0 Å². The number of benzene rings is 1. The molecule has 78 valence electrons. The molecule has 0 fully saturated rings. The molecule has 1 aromatic rings. The van der Waals surface area contributed by atoms with Gasteiger partial charge < -0.3 is 0 Å². The lowest BCUT2D eigenvalue weighted by Gasteiger charge is -1.95. The van der Waals surface area contributed by atoms with Crippen LogP contribution < -0.4 is 0 Å². The highest BCUT2D eigenvalue weighted by atomic mass is 35.5. The molecule has 0 aliphatic heterocycles. The van der Waals surface area contributed by atoms with Gasteiger partial charge in [-0.1, -0.05) is 11.6 Å². The van der Waals surface area contributed by atoms with Gasteiger partial charge in [-0.2, -0.15) is 0 Å². The lowest BCUT2D eigenvalue weighted by Crippen LogP contribution is -1.89. The minimum Gasteiger partial charge on any atom is -0.259 e. The van der Waals surface area contributed by atoms with Gasteiger partial charge in [0, 0.05) is 12.1 Å². The first kappa shape index (κ1) is 11.1. The van der Waals surface area contributed by atoms with Crippen LogP contribution in [-0.4, -0.2) is 9.85 Å². The molecule has 0 radical (unpaired) electrons. The summed E-state index contributed by atoms with van der Waals surface area (Å²) in [6.45, 7) is 0. The Morgan fingerprint density at radius 2 is 1.93 bits per heavy atom. The van der Waals surface area contributed by atoms with Crippen LogP contribution in [0, 0.1) is 20.2 Å². The molecular formula is C8H5ClN2O4. The fraction of sp³-hybridized carbons (Fsp3) is 0. The van der Waals surface area contributed by atoms with Crippen molar-refractivity contribution in [2.24, 2.45) is 0 Å². The average molecular weight is 229 g/mol. The van der Waals surface area contributed by atoms with Crippen molar-refractivity contribution in [2.45, 2.75) is 0 Å². The van der Waals surface area contributed by atoms with E-state index in [0.717, 1.165) is 6.20 Å². The minimum atomic E-state index is -0.630. The van der Waals surface area contributed by atoms with Gasteiger partial charge in [0.2, 0.25) is 6.20 Å². The van der Waals surface area contributed by atoms with Crippen LogP contribution in [0.2, 0.25) is 5.02 Å². The summed E-state index contributed by atoms with van der Waals surface area (Å²) in [5.74, 6) is 0. The maximum Gasteiger partial charge on any atom is 0.287 e. The van der Waals surface area contributed by atoms with Crippen LogP contribution in [0.5, 0.6) is 0 Å². The van der Waals surface area contributed by atoms with Crippen LogP contribution in [0.3, 0.4) is 0 Å². The number of nitro groups is 2. The molecule has 6 nitrogen and oxygen atoms in total. The van der Waals surface area contributed by atoms with Gasteiger partial charge in [0.05, 0.1) is 9.85 Å². The Hall–Kier alpha value is -1.95. The van der Waals surface area contributed by atoms with Crippen molar-refractivity contribution >= 4 is 23.4 Å². The lowest BCUT2D eigenvalue weighted by atomic mass is 10.2. The Kier molecular flexibility index (Phi) is 3.35. The quantitative estimate of drug-likeness (QED) is 0.587. The van der Waals surface area contributed by atoms with E-state index < -0.39 is 9.85 Å². The van der Waals surface area contributed by atoms with Crippen LogP contribution >= 0.6 is 11.6 Å². The van der Waals surface area contributed by atoms with Crippen molar-refractivity contribution in [3.63, 3.8) is 0 Å². The summed E-state index contributed by atoms with van der Waals surface area (Å²) in [7, 11) is 0. The Bertz CT molecular complexity index is 444. The second kappa shape index (κ2) is 4.52. The maximum atomic E-state index is 10.4. The van der Waals surface area contributed by atoms with Gasteiger partial charge in [-0.3, -0.25) is 20.2 Å². The first-order valence-electron chi connectivity index (χ1n) is 3.76. The summed E-state index contributed by atoms with van der Waals surface area (Å²) in [6, 6.07) is 3.87. The van der Waals surface area contributed by atoms with E-state index in [-0.39, 0.29) is 10.7 Å². The summed E-state index contributed by atoms with van der Waals surface area (Å²) >= 11 is 5.59. The van der Waals surface area contributed by atoms with E-state index in [9.17, 15) is 20.2 Å². The third kappa shape index (κ3) is 3.03. The van der Waals surface area contributed by atoms with Crippen molar-refractivity contribution in [3.05, 3.63) is 55.2 Å².